The van der Waals surface area contributed by atoms with Crippen molar-refractivity contribution in [3.8, 4) is 0 Å². The van der Waals surface area contributed by atoms with Gasteiger partial charge in [-0.2, -0.15) is 0 Å². The first-order valence-electron chi connectivity index (χ1n) is 4.87. The van der Waals surface area contributed by atoms with E-state index in [2.05, 4.69) is 15.4 Å². The Morgan fingerprint density at radius 2 is 2.40 bits per heavy atom. The van der Waals surface area contributed by atoms with E-state index in [0.29, 0.717) is 12.4 Å². The molecule has 6 nitrogen and oxygen atoms in total. The normalized spacial score (nSPS) is 25.7. The Kier molecular flexibility index (Phi) is 2.45. The maximum Gasteiger partial charge on any atom is 0.145 e. The van der Waals surface area contributed by atoms with E-state index in [0.717, 1.165) is 18.8 Å². The summed E-state index contributed by atoms with van der Waals surface area (Å²) in [6, 6.07) is 1.77. The van der Waals surface area contributed by atoms with Crippen LogP contribution in [0.4, 0.5) is 11.6 Å². The van der Waals surface area contributed by atoms with Crippen LogP contribution in [-0.4, -0.2) is 33.8 Å². The Bertz CT molecular complexity index is 354. The number of hydrogen-bond donors (Lipinski definition) is 3. The summed E-state index contributed by atoms with van der Waals surface area (Å²) in [7, 11) is 0. The van der Waals surface area contributed by atoms with E-state index in [9.17, 15) is 5.11 Å². The standard InChI is InChI=1S/C9H15N5O/c1-9(15)2-3-14(5-9)8-4-7(13-10)11-6-12-8/h4,6,15H,2-3,5,10H2,1H3,(H,11,12,13). The summed E-state index contributed by atoms with van der Waals surface area (Å²) in [6.07, 6.45) is 2.21. The molecule has 1 atom stereocenters. The van der Waals surface area contributed by atoms with Crippen LogP contribution in [0.1, 0.15) is 13.3 Å². The molecule has 0 saturated carbocycles. The number of aromatic nitrogens is 2. The Balaban J connectivity index is 2.16. The summed E-state index contributed by atoms with van der Waals surface area (Å²) in [5, 5.41) is 9.83. The smallest absolute Gasteiger partial charge is 0.145 e. The molecule has 1 aromatic heterocycles. The van der Waals surface area contributed by atoms with Gasteiger partial charge in [-0.3, -0.25) is 0 Å². The second kappa shape index (κ2) is 3.63. The summed E-state index contributed by atoms with van der Waals surface area (Å²) >= 11 is 0. The lowest BCUT2D eigenvalue weighted by Gasteiger charge is -2.19. The highest BCUT2D eigenvalue weighted by atomic mass is 16.3. The number of nitrogens with one attached hydrogen (secondary N) is 1. The largest absolute Gasteiger partial charge is 0.388 e. The summed E-state index contributed by atoms with van der Waals surface area (Å²) in [4.78, 5) is 10.1. The molecule has 0 amide bonds. The molecule has 1 unspecified atom stereocenters. The summed E-state index contributed by atoms with van der Waals surface area (Å²) in [5.41, 5.74) is 1.85. The molecule has 0 bridgehead atoms. The molecule has 0 spiro atoms. The maximum atomic E-state index is 9.83. The number of anilines is 2. The zero-order valence-electron chi connectivity index (χ0n) is 8.64. The van der Waals surface area contributed by atoms with E-state index in [-0.39, 0.29) is 0 Å². The van der Waals surface area contributed by atoms with Crippen molar-refractivity contribution in [3.63, 3.8) is 0 Å². The van der Waals surface area contributed by atoms with Gasteiger partial charge in [0, 0.05) is 19.2 Å². The monoisotopic (exact) mass is 209 g/mol. The number of rotatable bonds is 2. The fraction of sp³-hybridized carbons (Fsp3) is 0.556. The van der Waals surface area contributed by atoms with Crippen LogP contribution in [0.15, 0.2) is 12.4 Å². The molecular formula is C9H15N5O. The number of nitrogens with two attached hydrogens (primary N) is 1. The first-order chi connectivity index (χ1) is 7.11. The molecule has 1 aliphatic rings. The molecule has 1 fully saturated rings. The number of β-amino-alcohol motifs (C(OH)–C–C–N with tert-alkyl or cyclic N) is 1. The van der Waals surface area contributed by atoms with E-state index in [1.165, 1.54) is 6.33 Å². The van der Waals surface area contributed by atoms with Gasteiger partial charge in [0.25, 0.3) is 0 Å². The quantitative estimate of drug-likeness (QED) is 0.459. The number of hydrogen-bond acceptors (Lipinski definition) is 6. The lowest BCUT2D eigenvalue weighted by Crippen LogP contribution is -2.30. The molecule has 82 valence electrons. The molecule has 1 saturated heterocycles. The van der Waals surface area contributed by atoms with Gasteiger partial charge in [-0.25, -0.2) is 15.8 Å². The Hall–Kier alpha value is -1.40. The van der Waals surface area contributed by atoms with Gasteiger partial charge >= 0.3 is 0 Å². The Morgan fingerprint density at radius 3 is 3.00 bits per heavy atom. The minimum absolute atomic E-state index is 0.576. The van der Waals surface area contributed by atoms with E-state index >= 15 is 0 Å². The van der Waals surface area contributed by atoms with Crippen molar-refractivity contribution in [1.29, 1.82) is 0 Å². The molecule has 0 aliphatic carbocycles. The van der Waals surface area contributed by atoms with Crippen molar-refractivity contribution in [1.82, 2.24) is 9.97 Å². The van der Waals surface area contributed by atoms with E-state index in [1.807, 2.05) is 11.8 Å². The van der Waals surface area contributed by atoms with Crippen LogP contribution in [-0.2, 0) is 0 Å². The van der Waals surface area contributed by atoms with Crippen LogP contribution in [0.3, 0.4) is 0 Å². The van der Waals surface area contributed by atoms with E-state index in [4.69, 9.17) is 5.84 Å². The predicted molar refractivity (Wildman–Crippen MR) is 57.3 cm³/mol. The average Bonchev–Trinajstić information content (AvgIpc) is 2.59. The van der Waals surface area contributed by atoms with E-state index in [1.54, 1.807) is 6.07 Å². The highest BCUT2D eigenvalue weighted by Crippen LogP contribution is 2.25. The molecule has 15 heavy (non-hydrogen) atoms. The number of aliphatic hydroxyl groups is 1. The van der Waals surface area contributed by atoms with Gasteiger partial charge in [-0.15, -0.1) is 0 Å². The second-order valence-electron chi connectivity index (χ2n) is 4.07. The van der Waals surface area contributed by atoms with Gasteiger partial charge in [0.05, 0.1) is 5.60 Å². The van der Waals surface area contributed by atoms with Crippen molar-refractivity contribution < 1.29 is 5.11 Å². The minimum atomic E-state index is -0.624. The third-order valence-corrected chi connectivity index (χ3v) is 2.58. The van der Waals surface area contributed by atoms with Crippen LogP contribution in [0.5, 0.6) is 0 Å². The molecule has 6 heteroatoms. The predicted octanol–water partition coefficient (Wildman–Crippen LogP) is -0.277. The molecule has 4 N–H and O–H groups in total. The summed E-state index contributed by atoms with van der Waals surface area (Å²) in [6.45, 7) is 3.22. The molecule has 1 aliphatic heterocycles. The topological polar surface area (TPSA) is 87.3 Å². The zero-order chi connectivity index (χ0) is 10.9. The molecule has 0 radical (unpaired) electrons. The lowest BCUT2D eigenvalue weighted by atomic mass is 10.1. The van der Waals surface area contributed by atoms with Gasteiger partial charge in [-0.05, 0) is 13.3 Å². The summed E-state index contributed by atoms with van der Waals surface area (Å²) in [5.74, 6) is 6.63. The number of nitrogens with zero attached hydrogens (tertiary/aromatic N) is 3. The third kappa shape index (κ3) is 2.16. The first kappa shape index (κ1) is 10.1. The molecule has 2 heterocycles. The second-order valence-corrected chi connectivity index (χ2v) is 4.07. The number of nitrogen functional groups attached to an aromatic ring is 1. The molecule has 0 aromatic carbocycles. The maximum absolute atomic E-state index is 9.83. The van der Waals surface area contributed by atoms with Gasteiger partial charge in [0.1, 0.15) is 18.0 Å². The van der Waals surface area contributed by atoms with Crippen LogP contribution in [0, 0.1) is 0 Å². The zero-order valence-corrected chi connectivity index (χ0v) is 8.64. The van der Waals surface area contributed by atoms with Crippen molar-refractivity contribution in [2.75, 3.05) is 23.4 Å². The third-order valence-electron chi connectivity index (χ3n) is 2.58. The lowest BCUT2D eigenvalue weighted by molar-refractivity contribution is 0.0839. The first-order valence-corrected chi connectivity index (χ1v) is 4.87. The van der Waals surface area contributed by atoms with Crippen LogP contribution < -0.4 is 16.2 Å². The highest BCUT2D eigenvalue weighted by Gasteiger charge is 2.31. The fourth-order valence-electron chi connectivity index (χ4n) is 1.74. The molecule has 1 aromatic rings. The molecular weight excluding hydrogens is 194 g/mol. The van der Waals surface area contributed by atoms with Crippen molar-refractivity contribution in [2.24, 2.45) is 5.84 Å². The van der Waals surface area contributed by atoms with Gasteiger partial charge in [-0.1, -0.05) is 0 Å². The summed E-state index contributed by atoms with van der Waals surface area (Å²) < 4.78 is 0. The van der Waals surface area contributed by atoms with Crippen LogP contribution >= 0.6 is 0 Å². The van der Waals surface area contributed by atoms with Gasteiger partial charge in [0.2, 0.25) is 0 Å². The Labute approximate surface area is 88.1 Å². The average molecular weight is 209 g/mol. The van der Waals surface area contributed by atoms with Crippen molar-refractivity contribution in [2.45, 2.75) is 18.9 Å². The SMILES string of the molecule is CC1(O)CCN(c2cc(NN)ncn2)C1. The minimum Gasteiger partial charge on any atom is -0.388 e. The Morgan fingerprint density at radius 1 is 1.60 bits per heavy atom. The fourth-order valence-corrected chi connectivity index (χ4v) is 1.74. The van der Waals surface area contributed by atoms with Crippen molar-refractivity contribution >= 4 is 11.6 Å². The van der Waals surface area contributed by atoms with E-state index < -0.39 is 5.60 Å². The van der Waals surface area contributed by atoms with Crippen molar-refractivity contribution in [3.05, 3.63) is 12.4 Å². The molecule has 2 rings (SSSR count). The number of hydrazine groups is 1. The van der Waals surface area contributed by atoms with Gasteiger partial charge in [0.15, 0.2) is 0 Å². The van der Waals surface area contributed by atoms with Crippen LogP contribution in [0.25, 0.3) is 0 Å². The van der Waals surface area contributed by atoms with Gasteiger partial charge < -0.3 is 15.4 Å². The highest BCUT2D eigenvalue weighted by molar-refractivity contribution is 5.48. The van der Waals surface area contributed by atoms with Crippen LogP contribution in [0.2, 0.25) is 0 Å².